The summed E-state index contributed by atoms with van der Waals surface area (Å²) < 4.78 is 0. The third kappa shape index (κ3) is 4.66. The first-order chi connectivity index (χ1) is 19.0. The smallest absolute Gasteiger partial charge is 0.251 e. The van der Waals surface area contributed by atoms with Gasteiger partial charge in [-0.15, -0.1) is 0 Å². The van der Waals surface area contributed by atoms with E-state index in [1.165, 1.54) is 46.9 Å². The molecule has 7 rings (SSSR count). The van der Waals surface area contributed by atoms with Crippen molar-refractivity contribution in [3.8, 4) is 6.07 Å². The lowest BCUT2D eigenvalue weighted by Crippen LogP contribution is -2.48. The second-order valence-electron chi connectivity index (χ2n) is 12.8. The Morgan fingerprint density at radius 1 is 1.15 bits per heavy atom. The fourth-order valence-corrected chi connectivity index (χ4v) is 7.68. The molecule has 2 saturated heterocycles. The lowest BCUT2D eigenvalue weighted by atomic mass is 9.56. The quantitative estimate of drug-likeness (QED) is 0.388. The minimum atomic E-state index is 0.0201. The number of aryl methyl sites for hydroxylation is 1. The molecule has 2 aliphatic heterocycles. The number of piperidine rings is 1. The summed E-state index contributed by atoms with van der Waals surface area (Å²) in [5, 5.41) is 17.4. The number of likely N-dealkylation sites (tertiary alicyclic amines) is 1. The van der Waals surface area contributed by atoms with Gasteiger partial charge in [-0.25, -0.2) is 0 Å². The standard InChI is InChI=1S/C33H39N5O/c1-21-14-28(23-2-3-23)29(27-9-12-36-31(21)27)20-38-13-10-33(15-22(16-33)18-34)17-30(38)24-4-6-25(7-5-24)32(39)37-26-8-11-35-19-26/h4-7,9,12,14,22-23,26,30,35-36H,2-3,8,10-11,13,15-17,19-20H2,1H3,(H,37,39). The van der Waals surface area contributed by atoms with E-state index in [-0.39, 0.29) is 29.3 Å². The molecule has 4 aliphatic rings. The van der Waals surface area contributed by atoms with E-state index in [2.05, 4.69) is 64.0 Å². The van der Waals surface area contributed by atoms with Crippen LogP contribution in [0, 0.1) is 29.6 Å². The number of carbonyl (C=O) groups is 1. The normalized spacial score (nSPS) is 28.9. The number of H-pyrrole nitrogens is 1. The molecule has 1 amide bonds. The summed E-state index contributed by atoms with van der Waals surface area (Å²) in [5.41, 5.74) is 7.95. The highest BCUT2D eigenvalue weighted by Crippen LogP contribution is 2.57. The second-order valence-corrected chi connectivity index (χ2v) is 12.8. The topological polar surface area (TPSA) is 83.9 Å². The lowest BCUT2D eigenvalue weighted by molar-refractivity contribution is -0.0297. The predicted octanol–water partition coefficient (Wildman–Crippen LogP) is 5.70. The van der Waals surface area contributed by atoms with Crippen molar-refractivity contribution in [1.29, 1.82) is 5.26 Å². The summed E-state index contributed by atoms with van der Waals surface area (Å²) in [6.07, 6.45) is 9.98. The number of amides is 1. The fraction of sp³-hybridized carbons (Fsp3) is 0.515. The number of nitriles is 1. The van der Waals surface area contributed by atoms with Gasteiger partial charge < -0.3 is 15.6 Å². The first-order valence-electron chi connectivity index (χ1n) is 14.9. The summed E-state index contributed by atoms with van der Waals surface area (Å²) >= 11 is 0. The fourth-order valence-electron chi connectivity index (χ4n) is 7.68. The van der Waals surface area contributed by atoms with Crippen molar-refractivity contribution in [2.24, 2.45) is 11.3 Å². The Morgan fingerprint density at radius 3 is 2.69 bits per heavy atom. The Balaban J connectivity index is 1.18. The van der Waals surface area contributed by atoms with E-state index in [1.807, 2.05) is 12.1 Å². The SMILES string of the molecule is Cc1cc(C2CC2)c(CN2CCC3(CC(C#N)C3)CC2c2ccc(C(=O)NC3CCNC3)cc2)c2cc[nH]c12. The molecule has 1 spiro atoms. The van der Waals surface area contributed by atoms with Gasteiger partial charge in [-0.3, -0.25) is 9.69 Å². The number of hydrogen-bond donors (Lipinski definition) is 3. The van der Waals surface area contributed by atoms with Gasteiger partial charge in [0.25, 0.3) is 5.91 Å². The lowest BCUT2D eigenvalue weighted by Gasteiger charge is -2.53. The zero-order valence-electron chi connectivity index (χ0n) is 22.9. The number of fused-ring (bicyclic) bond motifs is 1. The molecule has 6 nitrogen and oxygen atoms in total. The van der Waals surface area contributed by atoms with Crippen LogP contribution in [0.4, 0.5) is 0 Å². The second kappa shape index (κ2) is 9.80. The molecule has 2 saturated carbocycles. The van der Waals surface area contributed by atoms with E-state index in [4.69, 9.17) is 0 Å². The van der Waals surface area contributed by atoms with E-state index < -0.39 is 0 Å². The summed E-state index contributed by atoms with van der Waals surface area (Å²) in [5.74, 6) is 0.932. The van der Waals surface area contributed by atoms with Gasteiger partial charge in [0.1, 0.15) is 0 Å². The van der Waals surface area contributed by atoms with Gasteiger partial charge in [0.2, 0.25) is 0 Å². The van der Waals surface area contributed by atoms with E-state index in [0.717, 1.165) is 57.4 Å². The zero-order valence-corrected chi connectivity index (χ0v) is 22.9. The molecule has 3 N–H and O–H groups in total. The maximum Gasteiger partial charge on any atom is 0.251 e. The monoisotopic (exact) mass is 521 g/mol. The molecule has 3 aromatic rings. The van der Waals surface area contributed by atoms with Crippen LogP contribution in [0.3, 0.4) is 0 Å². The van der Waals surface area contributed by atoms with Gasteiger partial charge in [0, 0.05) is 53.8 Å². The zero-order chi connectivity index (χ0) is 26.6. The van der Waals surface area contributed by atoms with Crippen LogP contribution in [0.15, 0.2) is 42.6 Å². The molecule has 1 aromatic heterocycles. The summed E-state index contributed by atoms with van der Waals surface area (Å²) in [6, 6.07) is 16.1. The van der Waals surface area contributed by atoms with Gasteiger partial charge in [-0.2, -0.15) is 5.26 Å². The predicted molar refractivity (Wildman–Crippen MR) is 153 cm³/mol. The third-order valence-electron chi connectivity index (χ3n) is 10.1. The van der Waals surface area contributed by atoms with E-state index in [9.17, 15) is 10.1 Å². The molecular weight excluding hydrogens is 482 g/mol. The maximum absolute atomic E-state index is 12.9. The number of nitrogens with zero attached hydrogens (tertiary/aromatic N) is 2. The van der Waals surface area contributed by atoms with Gasteiger partial charge in [0.05, 0.1) is 6.07 Å². The van der Waals surface area contributed by atoms with Crippen LogP contribution >= 0.6 is 0 Å². The van der Waals surface area contributed by atoms with Crippen LogP contribution in [0.2, 0.25) is 0 Å². The van der Waals surface area contributed by atoms with E-state index in [0.29, 0.717) is 5.92 Å². The van der Waals surface area contributed by atoms with Crippen LogP contribution < -0.4 is 10.6 Å². The van der Waals surface area contributed by atoms with Gasteiger partial charge in [-0.05, 0) is 117 Å². The molecule has 0 bridgehead atoms. The summed E-state index contributed by atoms with van der Waals surface area (Å²) in [7, 11) is 0. The van der Waals surface area contributed by atoms with Crippen molar-refractivity contribution < 1.29 is 4.79 Å². The molecule has 6 heteroatoms. The number of nitrogens with one attached hydrogen (secondary N) is 3. The molecule has 2 aliphatic carbocycles. The first-order valence-corrected chi connectivity index (χ1v) is 14.9. The molecule has 3 heterocycles. The highest BCUT2D eigenvalue weighted by Gasteiger charge is 2.49. The first kappa shape index (κ1) is 24.9. The highest BCUT2D eigenvalue weighted by atomic mass is 16.1. The Bertz CT molecular complexity index is 1420. The number of aromatic amines is 1. The Morgan fingerprint density at radius 2 is 1.97 bits per heavy atom. The Kier molecular flexibility index (Phi) is 6.25. The van der Waals surface area contributed by atoms with Crippen LogP contribution in [-0.2, 0) is 6.54 Å². The van der Waals surface area contributed by atoms with Crippen molar-refractivity contribution in [3.05, 3.63) is 70.4 Å². The van der Waals surface area contributed by atoms with Crippen molar-refractivity contribution in [3.63, 3.8) is 0 Å². The summed E-state index contributed by atoms with van der Waals surface area (Å²) in [6.45, 7) is 6.03. The van der Waals surface area contributed by atoms with Crippen LogP contribution in [0.5, 0.6) is 0 Å². The molecular formula is C33H39N5O. The molecule has 2 unspecified atom stereocenters. The van der Waals surface area contributed by atoms with Gasteiger partial charge in [0.15, 0.2) is 0 Å². The number of rotatable bonds is 6. The molecule has 4 fully saturated rings. The molecule has 0 radical (unpaired) electrons. The number of benzene rings is 2. The van der Waals surface area contributed by atoms with Crippen LogP contribution in [0.25, 0.3) is 10.9 Å². The van der Waals surface area contributed by atoms with Gasteiger partial charge >= 0.3 is 0 Å². The number of aromatic nitrogens is 1. The molecule has 202 valence electrons. The largest absolute Gasteiger partial charge is 0.361 e. The summed E-state index contributed by atoms with van der Waals surface area (Å²) in [4.78, 5) is 19.0. The van der Waals surface area contributed by atoms with E-state index >= 15 is 0 Å². The average molecular weight is 522 g/mol. The minimum Gasteiger partial charge on any atom is -0.361 e. The van der Waals surface area contributed by atoms with Gasteiger partial charge in [-0.1, -0.05) is 18.2 Å². The van der Waals surface area contributed by atoms with Crippen molar-refractivity contribution >= 4 is 16.8 Å². The van der Waals surface area contributed by atoms with Crippen molar-refractivity contribution in [1.82, 2.24) is 20.5 Å². The van der Waals surface area contributed by atoms with Crippen molar-refractivity contribution in [2.45, 2.75) is 76.4 Å². The van der Waals surface area contributed by atoms with Crippen LogP contribution in [0.1, 0.15) is 89.5 Å². The third-order valence-corrected chi connectivity index (χ3v) is 10.1. The molecule has 39 heavy (non-hydrogen) atoms. The number of carbonyl (C=O) groups excluding carboxylic acids is 1. The van der Waals surface area contributed by atoms with Crippen molar-refractivity contribution in [2.75, 3.05) is 19.6 Å². The Labute approximate surface area is 231 Å². The number of hydrogen-bond acceptors (Lipinski definition) is 4. The maximum atomic E-state index is 12.9. The minimum absolute atomic E-state index is 0.0201. The van der Waals surface area contributed by atoms with E-state index in [1.54, 1.807) is 5.56 Å². The molecule has 2 aromatic carbocycles. The highest BCUT2D eigenvalue weighted by molar-refractivity contribution is 5.94. The Hall–Kier alpha value is -3.14. The average Bonchev–Trinajstić information content (AvgIpc) is 3.41. The van der Waals surface area contributed by atoms with Crippen LogP contribution in [-0.4, -0.2) is 41.5 Å². The molecule has 2 atom stereocenters.